The third kappa shape index (κ3) is 17.6. The first kappa shape index (κ1) is 33.8. The molecule has 8 heteroatoms. The maximum Gasteiger partial charge on any atom is 0.0208 e. The van der Waals surface area contributed by atoms with Crippen LogP contribution in [-0.4, -0.2) is 39.3 Å². The van der Waals surface area contributed by atoms with Gasteiger partial charge in [0.15, 0.2) is 0 Å². The summed E-state index contributed by atoms with van der Waals surface area (Å²) in [5.74, 6) is 0. The van der Waals surface area contributed by atoms with E-state index in [0.29, 0.717) is 0 Å². The van der Waals surface area contributed by atoms with Gasteiger partial charge in [0.05, 0.1) is 0 Å². The van der Waals surface area contributed by atoms with Gasteiger partial charge in [-0.25, -0.2) is 0 Å². The van der Waals surface area contributed by atoms with Crippen LogP contribution in [0.5, 0.6) is 0 Å². The number of rotatable bonds is 14. The largest absolute Gasteiger partial charge is 0.317 e. The van der Waals surface area contributed by atoms with E-state index in [9.17, 15) is 0 Å². The third-order valence-electron chi connectivity index (χ3n) is 3.66. The fourth-order valence-electron chi connectivity index (χ4n) is 2.38. The van der Waals surface area contributed by atoms with Crippen molar-refractivity contribution in [1.29, 1.82) is 0 Å². The van der Waals surface area contributed by atoms with Gasteiger partial charge >= 0.3 is 0 Å². The van der Waals surface area contributed by atoms with E-state index in [4.69, 9.17) is 0 Å². The van der Waals surface area contributed by atoms with Crippen molar-refractivity contribution in [2.24, 2.45) is 0 Å². The van der Waals surface area contributed by atoms with Crippen LogP contribution < -0.4 is 21.3 Å². The number of hydrogen-bond acceptors (Lipinski definition) is 4. The topological polar surface area (TPSA) is 48.1 Å². The number of hydrogen-bond donors (Lipinski definition) is 4. The van der Waals surface area contributed by atoms with Crippen LogP contribution in [-0.2, 0) is 13.1 Å². The van der Waals surface area contributed by atoms with E-state index >= 15 is 0 Å². The first-order valence-corrected chi connectivity index (χ1v) is 8.78. The van der Waals surface area contributed by atoms with E-state index in [2.05, 4.69) is 59.4 Å². The van der Waals surface area contributed by atoms with Gasteiger partial charge < -0.3 is 21.3 Å². The lowest BCUT2D eigenvalue weighted by atomic mass is 10.1. The van der Waals surface area contributed by atoms with E-state index in [1.165, 1.54) is 24.0 Å². The van der Waals surface area contributed by atoms with Crippen LogP contribution in [0, 0.1) is 0 Å². The van der Waals surface area contributed by atoms with Gasteiger partial charge in [-0.2, -0.15) is 0 Å². The monoisotopic (exact) mass is 450 g/mol. The van der Waals surface area contributed by atoms with Gasteiger partial charge in [-0.3, -0.25) is 0 Å². The lowest BCUT2D eigenvalue weighted by Crippen LogP contribution is -2.23. The summed E-state index contributed by atoms with van der Waals surface area (Å²) in [7, 11) is 0. The Labute approximate surface area is 185 Å². The quantitative estimate of drug-likeness (QED) is 0.326. The molecule has 0 fully saturated rings. The molecule has 0 atom stereocenters. The zero-order chi connectivity index (χ0) is 15.9. The van der Waals surface area contributed by atoms with E-state index in [1.54, 1.807) is 0 Å². The van der Waals surface area contributed by atoms with Crippen molar-refractivity contribution in [2.75, 3.05) is 39.3 Å². The maximum atomic E-state index is 3.54. The van der Waals surface area contributed by atoms with Crippen LogP contribution >= 0.6 is 49.6 Å². The maximum absolute atomic E-state index is 3.54. The van der Waals surface area contributed by atoms with Crippen LogP contribution in [0.2, 0.25) is 0 Å². The normalized spacial score (nSPS) is 9.31. The molecule has 1 aromatic rings. The summed E-state index contributed by atoms with van der Waals surface area (Å²) < 4.78 is 0. The van der Waals surface area contributed by atoms with Crippen molar-refractivity contribution in [1.82, 2.24) is 21.3 Å². The minimum atomic E-state index is 0. The van der Waals surface area contributed by atoms with Crippen molar-refractivity contribution in [3.8, 4) is 0 Å². The van der Waals surface area contributed by atoms with Crippen LogP contribution in [0.4, 0.5) is 0 Å². The van der Waals surface area contributed by atoms with E-state index < -0.39 is 0 Å². The lowest BCUT2D eigenvalue weighted by Gasteiger charge is -2.12. The number of nitrogens with one attached hydrogen (secondary N) is 4. The fraction of sp³-hybridized carbons (Fsp3) is 0.667. The number of benzene rings is 1. The smallest absolute Gasteiger partial charge is 0.0208 e. The third-order valence-corrected chi connectivity index (χ3v) is 3.66. The predicted molar refractivity (Wildman–Crippen MR) is 125 cm³/mol. The lowest BCUT2D eigenvalue weighted by molar-refractivity contribution is 0.592. The summed E-state index contributed by atoms with van der Waals surface area (Å²) in [6.45, 7) is 12.7. The fourth-order valence-corrected chi connectivity index (χ4v) is 2.38. The molecule has 0 bridgehead atoms. The summed E-state index contributed by atoms with van der Waals surface area (Å²) in [6.07, 6.45) is 2.36. The Kier molecular flexibility index (Phi) is 32.8. The van der Waals surface area contributed by atoms with Gasteiger partial charge in [-0.05, 0) is 63.2 Å². The van der Waals surface area contributed by atoms with Crippen LogP contribution in [0.1, 0.15) is 37.8 Å². The Balaban J connectivity index is -0.000000605. The minimum absolute atomic E-state index is 0. The summed E-state index contributed by atoms with van der Waals surface area (Å²) >= 11 is 0. The molecule has 4 nitrogen and oxygen atoms in total. The molecular weight excluding hydrogens is 414 g/mol. The highest BCUT2D eigenvalue weighted by atomic mass is 35.5. The standard InChI is InChI=1S/C18H34N4.4ClH/c1-3-19-11-7-13-21-15-17-9-5-6-10-18(17)16-22-14-8-12-20-4-2;;;;/h5-6,9-10,19-22H,3-4,7-8,11-16H2,1-2H3;4*1H. The molecule has 0 aliphatic heterocycles. The highest BCUT2D eigenvalue weighted by Gasteiger charge is 2.01. The van der Waals surface area contributed by atoms with Crippen molar-refractivity contribution < 1.29 is 0 Å². The molecule has 0 aromatic heterocycles. The van der Waals surface area contributed by atoms with Gasteiger partial charge in [0.2, 0.25) is 0 Å². The average molecular weight is 452 g/mol. The Morgan fingerprint density at radius 1 is 0.577 bits per heavy atom. The van der Waals surface area contributed by atoms with Crippen LogP contribution in [0.15, 0.2) is 24.3 Å². The van der Waals surface area contributed by atoms with Gasteiger partial charge in [0, 0.05) is 13.1 Å². The summed E-state index contributed by atoms with van der Waals surface area (Å²) in [6, 6.07) is 8.72. The summed E-state index contributed by atoms with van der Waals surface area (Å²) in [4.78, 5) is 0. The Morgan fingerprint density at radius 3 is 1.27 bits per heavy atom. The summed E-state index contributed by atoms with van der Waals surface area (Å²) in [5, 5.41) is 13.8. The van der Waals surface area contributed by atoms with E-state index in [1.807, 2.05) is 0 Å². The molecule has 0 unspecified atom stereocenters. The molecule has 0 spiro atoms. The highest BCUT2D eigenvalue weighted by Crippen LogP contribution is 2.08. The Morgan fingerprint density at radius 2 is 0.923 bits per heavy atom. The first-order chi connectivity index (χ1) is 10.9. The molecule has 4 N–H and O–H groups in total. The van der Waals surface area contributed by atoms with Crippen LogP contribution in [0.25, 0.3) is 0 Å². The van der Waals surface area contributed by atoms with Gasteiger partial charge in [0.25, 0.3) is 0 Å². The molecule has 0 heterocycles. The van der Waals surface area contributed by atoms with E-state index in [0.717, 1.165) is 52.4 Å². The van der Waals surface area contributed by atoms with Crippen molar-refractivity contribution in [3.63, 3.8) is 0 Å². The van der Waals surface area contributed by atoms with Crippen molar-refractivity contribution in [3.05, 3.63) is 35.4 Å². The van der Waals surface area contributed by atoms with Gasteiger partial charge in [-0.15, -0.1) is 49.6 Å². The SMILES string of the molecule is CCNCCCNCc1ccccc1CNCCCNCC.Cl.Cl.Cl.Cl. The molecule has 0 radical (unpaired) electrons. The molecule has 0 amide bonds. The Bertz CT molecular complexity index is 349. The van der Waals surface area contributed by atoms with Gasteiger partial charge in [-0.1, -0.05) is 38.1 Å². The van der Waals surface area contributed by atoms with Gasteiger partial charge in [0.1, 0.15) is 0 Å². The first-order valence-electron chi connectivity index (χ1n) is 8.78. The second-order valence-electron chi connectivity index (χ2n) is 5.54. The highest BCUT2D eigenvalue weighted by molar-refractivity contribution is 5.86. The van der Waals surface area contributed by atoms with Crippen LogP contribution in [0.3, 0.4) is 0 Å². The molecule has 0 aliphatic carbocycles. The predicted octanol–water partition coefficient (Wildman–Crippen LogP) is 3.55. The summed E-state index contributed by atoms with van der Waals surface area (Å²) in [5.41, 5.74) is 2.82. The molecular formula is C18H38Cl4N4. The van der Waals surface area contributed by atoms with Crippen molar-refractivity contribution in [2.45, 2.75) is 39.8 Å². The molecule has 1 rings (SSSR count). The zero-order valence-electron chi connectivity index (χ0n) is 16.0. The molecule has 26 heavy (non-hydrogen) atoms. The minimum Gasteiger partial charge on any atom is -0.317 e. The molecule has 1 aromatic carbocycles. The Hall–Kier alpha value is 0.220. The van der Waals surface area contributed by atoms with E-state index in [-0.39, 0.29) is 49.6 Å². The number of halogens is 4. The molecule has 0 aliphatic rings. The molecule has 0 saturated carbocycles. The second-order valence-corrected chi connectivity index (χ2v) is 5.54. The van der Waals surface area contributed by atoms with Crippen molar-refractivity contribution >= 4 is 49.6 Å². The second kappa shape index (κ2) is 25.2. The molecule has 0 saturated heterocycles. The molecule has 158 valence electrons. The average Bonchev–Trinajstić information content (AvgIpc) is 2.55. The zero-order valence-corrected chi connectivity index (χ0v) is 19.3.